The number of aromatic nitrogens is 4. The van der Waals surface area contributed by atoms with Crippen molar-refractivity contribution in [3.05, 3.63) is 48.7 Å². The molecule has 3 rings (SSSR count). The number of anilines is 2. The molecule has 0 saturated heterocycles. The van der Waals surface area contributed by atoms with Gasteiger partial charge in [0.2, 0.25) is 0 Å². The molecule has 0 fully saturated rings. The summed E-state index contributed by atoms with van der Waals surface area (Å²) in [6, 6.07) is 6.08. The maximum absolute atomic E-state index is 13.5. The summed E-state index contributed by atoms with van der Waals surface area (Å²) >= 11 is 0. The Morgan fingerprint density at radius 2 is 2.00 bits per heavy atom. The fourth-order valence-electron chi connectivity index (χ4n) is 1.93. The van der Waals surface area contributed by atoms with Gasteiger partial charge in [-0.05, 0) is 18.1 Å². The van der Waals surface area contributed by atoms with Gasteiger partial charge in [-0.1, -0.05) is 19.9 Å². The van der Waals surface area contributed by atoms with Crippen molar-refractivity contribution in [2.24, 2.45) is 5.92 Å². The lowest BCUT2D eigenvalue weighted by Gasteiger charge is -2.22. The Bertz CT molecular complexity index is 811. The van der Waals surface area contributed by atoms with E-state index in [9.17, 15) is 4.39 Å². The molecule has 3 aromatic rings. The van der Waals surface area contributed by atoms with Crippen molar-refractivity contribution in [3.63, 3.8) is 0 Å². The molecule has 0 aliphatic carbocycles. The first kappa shape index (κ1) is 15.2. The van der Waals surface area contributed by atoms with Gasteiger partial charge in [0.05, 0.1) is 18.5 Å². The van der Waals surface area contributed by atoms with Crippen LogP contribution >= 0.6 is 0 Å². The Kier molecular flexibility index (Phi) is 4.38. The predicted octanol–water partition coefficient (Wildman–Crippen LogP) is 3.28. The Hall–Kier alpha value is -2.67. The normalized spacial score (nSPS) is 11.1. The molecule has 1 aromatic carbocycles. The number of halogens is 1. The summed E-state index contributed by atoms with van der Waals surface area (Å²) in [5.74, 6) is 0.219. The second kappa shape index (κ2) is 6.62. The maximum atomic E-state index is 13.5. The van der Waals surface area contributed by atoms with E-state index >= 15 is 0 Å². The zero-order valence-electron chi connectivity index (χ0n) is 12.8. The van der Waals surface area contributed by atoms with Gasteiger partial charge in [-0.2, -0.15) is 10.0 Å². The van der Waals surface area contributed by atoms with Gasteiger partial charge in [-0.15, -0.1) is 0 Å². The van der Waals surface area contributed by atoms with Crippen LogP contribution in [-0.2, 0) is 4.84 Å². The fourth-order valence-corrected chi connectivity index (χ4v) is 1.93. The third-order valence-electron chi connectivity index (χ3n) is 2.98. The van der Waals surface area contributed by atoms with E-state index in [1.165, 1.54) is 17.2 Å². The van der Waals surface area contributed by atoms with Crippen molar-refractivity contribution in [1.82, 2.24) is 19.9 Å². The molecule has 0 aliphatic rings. The van der Waals surface area contributed by atoms with Crippen LogP contribution < -0.4 is 5.06 Å². The van der Waals surface area contributed by atoms with Crippen LogP contribution in [0, 0.1) is 11.7 Å². The molecular weight excluding hydrogens is 297 g/mol. The van der Waals surface area contributed by atoms with E-state index in [0.29, 0.717) is 29.4 Å². The quantitative estimate of drug-likeness (QED) is 0.674. The molecule has 0 N–H and O–H groups in total. The first-order valence-electron chi connectivity index (χ1n) is 7.26. The van der Waals surface area contributed by atoms with Gasteiger partial charge >= 0.3 is 0 Å². The third-order valence-corrected chi connectivity index (χ3v) is 2.98. The highest BCUT2D eigenvalue weighted by molar-refractivity contribution is 5.70. The van der Waals surface area contributed by atoms with Crippen molar-refractivity contribution in [2.75, 3.05) is 11.7 Å². The van der Waals surface area contributed by atoms with E-state index in [1.807, 2.05) is 13.8 Å². The van der Waals surface area contributed by atoms with Crippen LogP contribution in [0.4, 0.5) is 16.0 Å². The van der Waals surface area contributed by atoms with E-state index in [2.05, 4.69) is 19.9 Å². The lowest BCUT2D eigenvalue weighted by atomic mass is 10.2. The average Bonchev–Trinajstić information content (AvgIpc) is 2.55. The van der Waals surface area contributed by atoms with Crippen LogP contribution in [0.3, 0.4) is 0 Å². The van der Waals surface area contributed by atoms with Crippen LogP contribution in [0.1, 0.15) is 13.8 Å². The number of fused-ring (bicyclic) bond motifs is 1. The van der Waals surface area contributed by atoms with Gasteiger partial charge in [0, 0.05) is 18.5 Å². The molecule has 118 valence electrons. The molecule has 0 unspecified atom stereocenters. The highest BCUT2D eigenvalue weighted by Crippen LogP contribution is 2.24. The monoisotopic (exact) mass is 313 g/mol. The molecule has 0 saturated carbocycles. The number of hydrogen-bond acceptors (Lipinski definition) is 6. The number of nitrogens with zero attached hydrogens (tertiary/aromatic N) is 5. The third kappa shape index (κ3) is 3.57. The summed E-state index contributed by atoms with van der Waals surface area (Å²) in [6.45, 7) is 4.49. The predicted molar refractivity (Wildman–Crippen MR) is 84.5 cm³/mol. The first-order chi connectivity index (χ1) is 11.1. The molecule has 0 amide bonds. The lowest BCUT2D eigenvalue weighted by Crippen LogP contribution is -2.22. The van der Waals surface area contributed by atoms with E-state index in [1.54, 1.807) is 30.7 Å². The number of rotatable bonds is 5. The van der Waals surface area contributed by atoms with Crippen LogP contribution in [0.25, 0.3) is 11.2 Å². The van der Waals surface area contributed by atoms with Crippen LogP contribution in [0.2, 0.25) is 0 Å². The standard InChI is InChI=1S/C16H16FN5O/c1-11(2)10-23-22(13-5-3-4-12(17)8-13)16-20-9-14-15(21-16)19-7-6-18-14/h3-9,11H,10H2,1-2H3. The summed E-state index contributed by atoms with van der Waals surface area (Å²) in [4.78, 5) is 22.7. The maximum Gasteiger partial charge on any atom is 0.256 e. The van der Waals surface area contributed by atoms with Crippen molar-refractivity contribution < 1.29 is 9.23 Å². The molecule has 0 radical (unpaired) electrons. The molecule has 0 spiro atoms. The summed E-state index contributed by atoms with van der Waals surface area (Å²) < 4.78 is 13.5. The van der Waals surface area contributed by atoms with Gasteiger partial charge in [0.15, 0.2) is 5.65 Å². The van der Waals surface area contributed by atoms with E-state index in [0.717, 1.165) is 0 Å². The Labute approximate surface area is 133 Å². The second-order valence-electron chi connectivity index (χ2n) is 5.40. The molecule has 0 aliphatic heterocycles. The molecule has 7 heteroatoms. The Balaban J connectivity index is 2.01. The Morgan fingerprint density at radius 3 is 2.78 bits per heavy atom. The molecule has 0 bridgehead atoms. The van der Waals surface area contributed by atoms with Crippen molar-refractivity contribution in [3.8, 4) is 0 Å². The van der Waals surface area contributed by atoms with Gasteiger partial charge in [-0.25, -0.2) is 19.3 Å². The van der Waals surface area contributed by atoms with Crippen LogP contribution in [0.5, 0.6) is 0 Å². The summed E-state index contributed by atoms with van der Waals surface area (Å²) in [5.41, 5.74) is 1.54. The van der Waals surface area contributed by atoms with Gasteiger partial charge < -0.3 is 0 Å². The molecule has 2 aromatic heterocycles. The van der Waals surface area contributed by atoms with Crippen LogP contribution in [0.15, 0.2) is 42.9 Å². The van der Waals surface area contributed by atoms with Crippen molar-refractivity contribution in [1.29, 1.82) is 0 Å². The fraction of sp³-hybridized carbons (Fsp3) is 0.250. The Morgan fingerprint density at radius 1 is 1.17 bits per heavy atom. The minimum Gasteiger partial charge on any atom is -0.266 e. The highest BCUT2D eigenvalue weighted by Gasteiger charge is 2.16. The first-order valence-corrected chi connectivity index (χ1v) is 7.26. The molecule has 2 heterocycles. The SMILES string of the molecule is CC(C)CON(c1cccc(F)c1)c1ncc2nccnc2n1. The zero-order chi connectivity index (χ0) is 16.2. The summed E-state index contributed by atoms with van der Waals surface area (Å²) in [6.07, 6.45) is 4.70. The van der Waals surface area contributed by atoms with E-state index < -0.39 is 0 Å². The van der Waals surface area contributed by atoms with Gasteiger partial charge in [0.25, 0.3) is 5.95 Å². The molecule has 6 nitrogen and oxygen atoms in total. The molecule has 23 heavy (non-hydrogen) atoms. The zero-order valence-corrected chi connectivity index (χ0v) is 12.8. The number of hydrogen-bond donors (Lipinski definition) is 0. The lowest BCUT2D eigenvalue weighted by molar-refractivity contribution is 0.108. The van der Waals surface area contributed by atoms with Crippen molar-refractivity contribution in [2.45, 2.75) is 13.8 Å². The van der Waals surface area contributed by atoms with Crippen molar-refractivity contribution >= 4 is 22.8 Å². The minimum atomic E-state index is -0.360. The van der Waals surface area contributed by atoms with E-state index in [4.69, 9.17) is 4.84 Å². The topological polar surface area (TPSA) is 64.0 Å². The largest absolute Gasteiger partial charge is 0.266 e. The average molecular weight is 313 g/mol. The summed E-state index contributed by atoms with van der Waals surface area (Å²) in [5, 5.41) is 1.41. The van der Waals surface area contributed by atoms with E-state index in [-0.39, 0.29) is 11.8 Å². The van der Waals surface area contributed by atoms with Gasteiger partial charge in [-0.3, -0.25) is 4.84 Å². The number of benzene rings is 1. The summed E-state index contributed by atoms with van der Waals surface area (Å²) in [7, 11) is 0. The second-order valence-corrected chi connectivity index (χ2v) is 5.40. The molecular formula is C16H16FN5O. The van der Waals surface area contributed by atoms with Crippen LogP contribution in [-0.4, -0.2) is 26.5 Å². The van der Waals surface area contributed by atoms with Gasteiger partial charge in [0.1, 0.15) is 11.3 Å². The highest BCUT2D eigenvalue weighted by atomic mass is 19.1. The minimum absolute atomic E-state index is 0.282. The smallest absolute Gasteiger partial charge is 0.256 e. The molecule has 0 atom stereocenters.